The van der Waals surface area contributed by atoms with Gasteiger partial charge in [-0.25, -0.2) is 4.98 Å². The smallest absolute Gasteiger partial charge is 0.227 e. The van der Waals surface area contributed by atoms with Gasteiger partial charge in [0.2, 0.25) is 5.88 Å². The van der Waals surface area contributed by atoms with Crippen molar-refractivity contribution in [3.63, 3.8) is 0 Å². The molecule has 0 saturated carbocycles. The number of hydrogen-bond donors (Lipinski definition) is 0. The molecule has 82 valence electrons. The van der Waals surface area contributed by atoms with Crippen LogP contribution in [-0.4, -0.2) is 26.4 Å². The molecule has 15 heavy (non-hydrogen) atoms. The number of pyridine rings is 1. The zero-order chi connectivity index (χ0) is 11.5. The lowest BCUT2D eigenvalue weighted by molar-refractivity contribution is 0.387. The number of ether oxygens (including phenoxy) is 1. The van der Waals surface area contributed by atoms with Crippen LogP contribution < -0.4 is 9.92 Å². The van der Waals surface area contributed by atoms with Crippen molar-refractivity contribution < 1.29 is 4.74 Å². The van der Waals surface area contributed by atoms with Crippen molar-refractivity contribution in [2.75, 3.05) is 13.4 Å². The Kier molecular flexibility index (Phi) is 3.99. The van der Waals surface area contributed by atoms with Crippen LogP contribution in [0.1, 0.15) is 0 Å². The van der Waals surface area contributed by atoms with Crippen molar-refractivity contribution in [3.8, 4) is 5.88 Å². The largest absolute Gasteiger partial charge is 0.480 e. The van der Waals surface area contributed by atoms with E-state index in [-0.39, 0.29) is 0 Å². The second-order valence-corrected chi connectivity index (χ2v) is 9.14. The highest BCUT2D eigenvalue weighted by atomic mass is 32.2. The molecule has 4 heteroatoms. The summed E-state index contributed by atoms with van der Waals surface area (Å²) >= 11 is 1.66. The maximum absolute atomic E-state index is 5.20. The predicted molar refractivity (Wildman–Crippen MR) is 69.9 cm³/mol. The van der Waals surface area contributed by atoms with Crippen LogP contribution in [0, 0.1) is 0 Å². The lowest BCUT2D eigenvalue weighted by Gasteiger charge is -2.18. The Hall–Kier alpha value is -0.743. The quantitative estimate of drug-likeness (QED) is 0.595. The number of rotatable bonds is 4. The van der Waals surface area contributed by atoms with E-state index in [4.69, 9.17) is 4.74 Å². The molecule has 0 unspecified atom stereocenters. The molecule has 0 amide bonds. The molecule has 0 aromatic carbocycles. The third-order valence-corrected chi connectivity index (χ3v) is 6.00. The van der Waals surface area contributed by atoms with Gasteiger partial charge in [0.1, 0.15) is 8.07 Å². The average molecular weight is 239 g/mol. The van der Waals surface area contributed by atoms with Crippen LogP contribution in [0.2, 0.25) is 13.1 Å². The van der Waals surface area contributed by atoms with Crippen molar-refractivity contribution >= 4 is 25.0 Å². The third-order valence-electron chi connectivity index (χ3n) is 2.49. The zero-order valence-corrected chi connectivity index (χ0v) is 11.5. The molecule has 0 aliphatic rings. The highest BCUT2D eigenvalue weighted by molar-refractivity contribution is 7.98. The molecule has 1 aromatic heterocycles. The number of aromatic nitrogens is 1. The van der Waals surface area contributed by atoms with E-state index in [2.05, 4.69) is 36.4 Å². The Morgan fingerprint density at radius 2 is 2.20 bits per heavy atom. The van der Waals surface area contributed by atoms with Crippen LogP contribution in [-0.2, 0) is 0 Å². The first-order valence-corrected chi connectivity index (χ1v) is 9.07. The highest BCUT2D eigenvalue weighted by Gasteiger charge is 2.20. The monoisotopic (exact) mass is 239 g/mol. The average Bonchev–Trinajstić information content (AvgIpc) is 2.28. The number of hydrogen-bond acceptors (Lipinski definition) is 3. The van der Waals surface area contributed by atoms with Crippen LogP contribution in [0.4, 0.5) is 0 Å². The summed E-state index contributed by atoms with van der Waals surface area (Å²) in [4.78, 5) is 5.42. The summed E-state index contributed by atoms with van der Waals surface area (Å²) in [5.41, 5.74) is 2.07. The molecule has 2 nitrogen and oxygen atoms in total. The van der Waals surface area contributed by atoms with Crippen molar-refractivity contribution in [2.24, 2.45) is 0 Å². The van der Waals surface area contributed by atoms with Gasteiger partial charge in [0.25, 0.3) is 0 Å². The van der Waals surface area contributed by atoms with E-state index in [1.807, 2.05) is 12.5 Å². The van der Waals surface area contributed by atoms with Gasteiger partial charge in [-0.2, -0.15) is 0 Å². The minimum Gasteiger partial charge on any atom is -0.480 e. The van der Waals surface area contributed by atoms with Crippen molar-refractivity contribution in [2.45, 2.75) is 18.0 Å². The fourth-order valence-electron chi connectivity index (χ4n) is 1.20. The summed E-state index contributed by atoms with van der Waals surface area (Å²) in [7, 11) is 0.146. The van der Waals surface area contributed by atoms with E-state index >= 15 is 0 Å². The molecule has 0 spiro atoms. The second-order valence-electron chi connectivity index (χ2n) is 3.86. The minimum absolute atomic E-state index is 0.708. The minimum atomic E-state index is -1.50. The predicted octanol–water partition coefficient (Wildman–Crippen LogP) is 2.45. The van der Waals surface area contributed by atoms with Crippen LogP contribution in [0.15, 0.2) is 29.4 Å². The SMILES string of the molecule is C=C[Si](C)(C)c1cnc(OC)c(SC)c1. The molecule has 1 rings (SSSR count). The maximum Gasteiger partial charge on any atom is 0.227 e. The summed E-state index contributed by atoms with van der Waals surface area (Å²) in [6, 6.07) is 2.17. The Morgan fingerprint density at radius 3 is 2.67 bits per heavy atom. The van der Waals surface area contributed by atoms with E-state index < -0.39 is 8.07 Å². The standard InChI is InChI=1S/C11H17NOSSi/c1-6-15(4,5)9-7-10(14-3)11(13-2)12-8-9/h6-8H,1H2,2-5H3. The van der Waals surface area contributed by atoms with E-state index in [1.54, 1.807) is 18.9 Å². The molecule has 0 fully saturated rings. The van der Waals surface area contributed by atoms with Gasteiger partial charge in [0.15, 0.2) is 0 Å². The van der Waals surface area contributed by atoms with Gasteiger partial charge in [0, 0.05) is 6.20 Å². The fraction of sp³-hybridized carbons (Fsp3) is 0.364. The second kappa shape index (κ2) is 4.85. The normalized spacial score (nSPS) is 11.2. The van der Waals surface area contributed by atoms with E-state index in [0.717, 1.165) is 4.90 Å². The lowest BCUT2D eigenvalue weighted by Crippen LogP contribution is -2.39. The van der Waals surface area contributed by atoms with Gasteiger partial charge >= 0.3 is 0 Å². The first-order valence-electron chi connectivity index (χ1n) is 4.77. The summed E-state index contributed by atoms with van der Waals surface area (Å²) < 4.78 is 5.20. The summed E-state index contributed by atoms with van der Waals surface area (Å²) in [5, 5.41) is 1.29. The fourth-order valence-corrected chi connectivity index (χ4v) is 3.01. The Morgan fingerprint density at radius 1 is 1.53 bits per heavy atom. The molecule has 0 aliphatic heterocycles. The van der Waals surface area contributed by atoms with Gasteiger partial charge in [-0.05, 0) is 17.5 Å². The molecular formula is C11H17NOSSi. The number of thioether (sulfide) groups is 1. The van der Waals surface area contributed by atoms with Gasteiger partial charge in [-0.15, -0.1) is 18.3 Å². The van der Waals surface area contributed by atoms with Crippen LogP contribution >= 0.6 is 11.8 Å². The zero-order valence-electron chi connectivity index (χ0n) is 9.70. The first kappa shape index (κ1) is 12.3. The molecule has 0 saturated heterocycles. The van der Waals surface area contributed by atoms with Gasteiger partial charge in [0.05, 0.1) is 12.0 Å². The van der Waals surface area contributed by atoms with Crippen LogP contribution in [0.5, 0.6) is 5.88 Å². The van der Waals surface area contributed by atoms with Gasteiger partial charge < -0.3 is 4.74 Å². The third kappa shape index (κ3) is 2.63. The Labute approximate surface area is 96.8 Å². The molecular weight excluding hydrogens is 222 g/mol. The number of nitrogens with zero attached hydrogens (tertiary/aromatic N) is 1. The Bertz CT molecular complexity index is 366. The Balaban J connectivity index is 3.19. The molecule has 0 radical (unpaired) electrons. The first-order chi connectivity index (χ1) is 7.05. The molecule has 0 N–H and O–H groups in total. The van der Waals surface area contributed by atoms with Gasteiger partial charge in [-0.1, -0.05) is 18.8 Å². The maximum atomic E-state index is 5.20. The van der Waals surface area contributed by atoms with Crippen molar-refractivity contribution in [1.82, 2.24) is 4.98 Å². The van der Waals surface area contributed by atoms with Crippen molar-refractivity contribution in [1.29, 1.82) is 0 Å². The lowest BCUT2D eigenvalue weighted by atomic mass is 10.5. The van der Waals surface area contributed by atoms with E-state index in [0.29, 0.717) is 5.88 Å². The van der Waals surface area contributed by atoms with Crippen molar-refractivity contribution in [3.05, 3.63) is 24.5 Å². The summed E-state index contributed by atoms with van der Waals surface area (Å²) in [6.07, 6.45) is 3.94. The van der Waals surface area contributed by atoms with E-state index in [9.17, 15) is 0 Å². The molecule has 0 atom stereocenters. The highest BCUT2D eigenvalue weighted by Crippen LogP contribution is 2.24. The molecule has 0 bridgehead atoms. The van der Waals surface area contributed by atoms with Crippen LogP contribution in [0.25, 0.3) is 0 Å². The molecule has 1 aromatic rings. The van der Waals surface area contributed by atoms with E-state index in [1.165, 1.54) is 5.19 Å². The summed E-state index contributed by atoms with van der Waals surface area (Å²) in [5.74, 6) is 0.708. The van der Waals surface area contributed by atoms with Crippen LogP contribution in [0.3, 0.4) is 0 Å². The van der Waals surface area contributed by atoms with Gasteiger partial charge in [-0.3, -0.25) is 0 Å². The topological polar surface area (TPSA) is 22.1 Å². The summed E-state index contributed by atoms with van der Waals surface area (Å²) in [6.45, 7) is 8.42. The molecule has 0 aliphatic carbocycles. The number of methoxy groups -OCH3 is 1. The molecule has 1 heterocycles.